The highest BCUT2D eigenvalue weighted by Crippen LogP contribution is 2.37. The molecule has 0 aromatic rings. The Morgan fingerprint density at radius 3 is 2.85 bits per heavy atom. The standard InChI is InChI=1S/C9H16N2O2/c10-8(12)11-4-3-9(6-11)2-1-5-13-7-9/h1-7H2,(H2,10,12). The van der Waals surface area contributed by atoms with Gasteiger partial charge in [0.25, 0.3) is 0 Å². The number of rotatable bonds is 0. The smallest absolute Gasteiger partial charge is 0.314 e. The number of likely N-dealkylation sites (tertiary alicyclic amines) is 1. The van der Waals surface area contributed by atoms with Crippen molar-refractivity contribution in [2.24, 2.45) is 11.1 Å². The average Bonchev–Trinajstić information content (AvgIpc) is 2.51. The number of nitrogens with two attached hydrogens (primary N) is 1. The lowest BCUT2D eigenvalue weighted by atomic mass is 9.82. The molecule has 2 amide bonds. The number of carbonyl (C=O) groups excluding carboxylic acids is 1. The summed E-state index contributed by atoms with van der Waals surface area (Å²) in [7, 11) is 0. The molecule has 0 aliphatic carbocycles. The first-order valence-electron chi connectivity index (χ1n) is 4.84. The predicted molar refractivity (Wildman–Crippen MR) is 48.3 cm³/mol. The third kappa shape index (κ3) is 1.63. The zero-order valence-electron chi connectivity index (χ0n) is 7.79. The molecule has 2 heterocycles. The molecule has 74 valence electrons. The topological polar surface area (TPSA) is 55.6 Å². The molecule has 13 heavy (non-hydrogen) atoms. The first-order chi connectivity index (χ1) is 6.22. The molecule has 2 aliphatic rings. The molecular formula is C9H16N2O2. The quantitative estimate of drug-likeness (QED) is 0.598. The molecule has 0 aromatic carbocycles. The molecule has 0 bridgehead atoms. The van der Waals surface area contributed by atoms with E-state index >= 15 is 0 Å². The summed E-state index contributed by atoms with van der Waals surface area (Å²) in [5, 5.41) is 0. The number of hydrogen-bond donors (Lipinski definition) is 1. The van der Waals surface area contributed by atoms with Crippen LogP contribution < -0.4 is 5.73 Å². The summed E-state index contributed by atoms with van der Waals surface area (Å²) in [6.45, 7) is 3.27. The molecule has 2 fully saturated rings. The Labute approximate surface area is 78.0 Å². The molecule has 1 unspecified atom stereocenters. The minimum atomic E-state index is -0.289. The van der Waals surface area contributed by atoms with Crippen LogP contribution in [0.3, 0.4) is 0 Å². The maximum absolute atomic E-state index is 10.9. The van der Waals surface area contributed by atoms with Crippen molar-refractivity contribution < 1.29 is 9.53 Å². The van der Waals surface area contributed by atoms with Crippen molar-refractivity contribution in [3.8, 4) is 0 Å². The number of carbonyl (C=O) groups is 1. The molecule has 2 saturated heterocycles. The monoisotopic (exact) mass is 184 g/mol. The summed E-state index contributed by atoms with van der Waals surface area (Å²) in [6, 6.07) is -0.289. The number of nitrogens with zero attached hydrogens (tertiary/aromatic N) is 1. The Bertz CT molecular complexity index is 212. The molecule has 4 nitrogen and oxygen atoms in total. The normalized spacial score (nSPS) is 34.0. The number of urea groups is 1. The predicted octanol–water partition coefficient (Wildman–Crippen LogP) is 0.568. The summed E-state index contributed by atoms with van der Waals surface area (Å²) in [5.41, 5.74) is 5.46. The zero-order valence-corrected chi connectivity index (χ0v) is 7.79. The Hall–Kier alpha value is -0.770. The molecule has 2 N–H and O–H groups in total. The molecule has 4 heteroatoms. The summed E-state index contributed by atoms with van der Waals surface area (Å²) in [5.74, 6) is 0. The molecule has 0 aromatic heterocycles. The van der Waals surface area contributed by atoms with Crippen molar-refractivity contribution in [3.05, 3.63) is 0 Å². The van der Waals surface area contributed by atoms with E-state index in [2.05, 4.69) is 0 Å². The van der Waals surface area contributed by atoms with Crippen LogP contribution in [-0.4, -0.2) is 37.2 Å². The summed E-state index contributed by atoms with van der Waals surface area (Å²) in [6.07, 6.45) is 3.35. The number of primary amides is 1. The third-order valence-electron chi connectivity index (χ3n) is 3.15. The fraction of sp³-hybridized carbons (Fsp3) is 0.889. The van der Waals surface area contributed by atoms with Gasteiger partial charge in [-0.05, 0) is 19.3 Å². The van der Waals surface area contributed by atoms with Gasteiger partial charge < -0.3 is 15.4 Å². The molecule has 2 aliphatic heterocycles. The highest BCUT2D eigenvalue weighted by Gasteiger charge is 2.40. The Morgan fingerprint density at radius 1 is 1.46 bits per heavy atom. The van der Waals surface area contributed by atoms with E-state index in [-0.39, 0.29) is 11.4 Å². The highest BCUT2D eigenvalue weighted by molar-refractivity contribution is 5.72. The highest BCUT2D eigenvalue weighted by atomic mass is 16.5. The second-order valence-electron chi connectivity index (χ2n) is 4.17. The van der Waals surface area contributed by atoms with Crippen LogP contribution in [-0.2, 0) is 4.74 Å². The van der Waals surface area contributed by atoms with Crippen LogP contribution in [0.5, 0.6) is 0 Å². The van der Waals surface area contributed by atoms with Gasteiger partial charge in [0.15, 0.2) is 0 Å². The largest absolute Gasteiger partial charge is 0.381 e. The van der Waals surface area contributed by atoms with Crippen molar-refractivity contribution in [3.63, 3.8) is 0 Å². The summed E-state index contributed by atoms with van der Waals surface area (Å²) >= 11 is 0. The maximum atomic E-state index is 10.9. The van der Waals surface area contributed by atoms with Crippen molar-refractivity contribution in [2.45, 2.75) is 19.3 Å². The van der Waals surface area contributed by atoms with Gasteiger partial charge >= 0.3 is 6.03 Å². The van der Waals surface area contributed by atoms with E-state index in [1.807, 2.05) is 0 Å². The average molecular weight is 184 g/mol. The molecule has 0 saturated carbocycles. The second-order valence-corrected chi connectivity index (χ2v) is 4.17. The fourth-order valence-corrected chi connectivity index (χ4v) is 2.36. The first-order valence-corrected chi connectivity index (χ1v) is 4.84. The van der Waals surface area contributed by atoms with E-state index in [1.54, 1.807) is 4.90 Å². The molecule has 2 rings (SSSR count). The van der Waals surface area contributed by atoms with Gasteiger partial charge in [0, 0.05) is 25.1 Å². The van der Waals surface area contributed by atoms with E-state index in [1.165, 1.54) is 6.42 Å². The van der Waals surface area contributed by atoms with Crippen LogP contribution >= 0.6 is 0 Å². The lowest BCUT2D eigenvalue weighted by molar-refractivity contribution is -0.000285. The lowest BCUT2D eigenvalue weighted by Gasteiger charge is -2.32. The lowest BCUT2D eigenvalue weighted by Crippen LogP contribution is -2.39. The van der Waals surface area contributed by atoms with Gasteiger partial charge in [0.1, 0.15) is 0 Å². The second kappa shape index (κ2) is 3.18. The van der Waals surface area contributed by atoms with Gasteiger partial charge in [-0.3, -0.25) is 0 Å². The van der Waals surface area contributed by atoms with Crippen LogP contribution in [0.15, 0.2) is 0 Å². The van der Waals surface area contributed by atoms with Gasteiger partial charge in [0.2, 0.25) is 0 Å². The van der Waals surface area contributed by atoms with E-state index < -0.39 is 0 Å². The fourth-order valence-electron chi connectivity index (χ4n) is 2.36. The molecular weight excluding hydrogens is 168 g/mol. The zero-order chi connectivity index (χ0) is 9.31. The van der Waals surface area contributed by atoms with E-state index in [0.717, 1.165) is 39.1 Å². The maximum Gasteiger partial charge on any atom is 0.314 e. The van der Waals surface area contributed by atoms with E-state index in [0.29, 0.717) is 0 Å². The van der Waals surface area contributed by atoms with E-state index in [9.17, 15) is 4.79 Å². The van der Waals surface area contributed by atoms with Gasteiger partial charge in [-0.1, -0.05) is 0 Å². The van der Waals surface area contributed by atoms with Gasteiger partial charge in [-0.15, -0.1) is 0 Å². The third-order valence-corrected chi connectivity index (χ3v) is 3.15. The number of hydrogen-bond acceptors (Lipinski definition) is 2. The van der Waals surface area contributed by atoms with Crippen molar-refractivity contribution in [2.75, 3.05) is 26.3 Å². The van der Waals surface area contributed by atoms with Crippen molar-refractivity contribution >= 4 is 6.03 Å². The van der Waals surface area contributed by atoms with Crippen LogP contribution in [0.4, 0.5) is 4.79 Å². The first kappa shape index (κ1) is 8.81. The van der Waals surface area contributed by atoms with Crippen molar-refractivity contribution in [1.29, 1.82) is 0 Å². The van der Waals surface area contributed by atoms with Gasteiger partial charge in [-0.2, -0.15) is 0 Å². The molecule has 0 radical (unpaired) electrons. The number of ether oxygens (including phenoxy) is 1. The van der Waals surface area contributed by atoms with Crippen LogP contribution in [0.25, 0.3) is 0 Å². The van der Waals surface area contributed by atoms with Crippen LogP contribution in [0.2, 0.25) is 0 Å². The SMILES string of the molecule is NC(=O)N1CCC2(CCCOC2)C1. The number of amides is 2. The van der Waals surface area contributed by atoms with Gasteiger partial charge in [-0.25, -0.2) is 4.79 Å². The van der Waals surface area contributed by atoms with Crippen molar-refractivity contribution in [1.82, 2.24) is 4.90 Å². The Morgan fingerprint density at radius 2 is 2.31 bits per heavy atom. The van der Waals surface area contributed by atoms with Crippen LogP contribution in [0, 0.1) is 5.41 Å². The Balaban J connectivity index is 1.98. The molecule has 1 atom stereocenters. The summed E-state index contributed by atoms with van der Waals surface area (Å²) < 4.78 is 5.46. The Kier molecular flexibility index (Phi) is 2.15. The molecule has 1 spiro atoms. The van der Waals surface area contributed by atoms with Gasteiger partial charge in [0.05, 0.1) is 6.61 Å². The summed E-state index contributed by atoms with van der Waals surface area (Å²) in [4.78, 5) is 12.7. The van der Waals surface area contributed by atoms with E-state index in [4.69, 9.17) is 10.5 Å². The minimum Gasteiger partial charge on any atom is -0.381 e. The minimum absolute atomic E-state index is 0.229. The van der Waals surface area contributed by atoms with Crippen LogP contribution in [0.1, 0.15) is 19.3 Å².